The molecule has 0 aliphatic heterocycles. The van der Waals surface area contributed by atoms with Crippen molar-refractivity contribution in [1.82, 2.24) is 4.90 Å². The van der Waals surface area contributed by atoms with Gasteiger partial charge in [-0.2, -0.15) is 0 Å². The van der Waals surface area contributed by atoms with Gasteiger partial charge in [-0.1, -0.05) is 0 Å². The minimum absolute atomic E-state index is 0.111. The number of hydrogen-bond acceptors (Lipinski definition) is 2. The van der Waals surface area contributed by atoms with Crippen molar-refractivity contribution >= 4 is 0 Å². The zero-order valence-electron chi connectivity index (χ0n) is 6.97. The molecule has 0 aromatic heterocycles. The van der Waals surface area contributed by atoms with Crippen LogP contribution in [0.4, 0.5) is 0 Å². The van der Waals surface area contributed by atoms with Crippen molar-refractivity contribution in [2.45, 2.75) is 32.4 Å². The van der Waals surface area contributed by atoms with Crippen LogP contribution in [0.15, 0.2) is 0 Å². The zero-order chi connectivity index (χ0) is 7.65. The molecule has 0 spiro atoms. The molecule has 1 unspecified atom stereocenters. The van der Waals surface area contributed by atoms with Gasteiger partial charge in [0.05, 0.1) is 6.10 Å². The van der Waals surface area contributed by atoms with E-state index in [1.54, 1.807) is 6.92 Å². The van der Waals surface area contributed by atoms with E-state index in [9.17, 15) is 5.11 Å². The molecule has 0 aliphatic carbocycles. The summed E-state index contributed by atoms with van der Waals surface area (Å²) in [5.74, 6) is 0. The number of rotatable bonds is 2. The third kappa shape index (κ3) is 1.95. The minimum Gasteiger partial charge on any atom is -0.392 e. The Morgan fingerprint density at radius 2 is 1.67 bits per heavy atom. The first kappa shape index (κ1) is 8.92. The van der Waals surface area contributed by atoms with Gasteiger partial charge in [-0.05, 0) is 34.9 Å². The zero-order valence-corrected chi connectivity index (χ0v) is 6.97. The number of hydrogen-bond donors (Lipinski definition) is 1. The molecule has 0 aliphatic rings. The molecule has 0 amide bonds. The maximum absolute atomic E-state index is 9.21. The van der Waals surface area contributed by atoms with Gasteiger partial charge in [-0.15, -0.1) is 0 Å². The van der Waals surface area contributed by atoms with Crippen LogP contribution in [0.1, 0.15) is 20.8 Å². The van der Waals surface area contributed by atoms with Crippen LogP contribution in [0.3, 0.4) is 0 Å². The van der Waals surface area contributed by atoms with Crippen molar-refractivity contribution in [3.05, 3.63) is 0 Å². The van der Waals surface area contributed by atoms with Crippen molar-refractivity contribution in [2.75, 3.05) is 14.1 Å². The molecule has 2 nitrogen and oxygen atoms in total. The van der Waals surface area contributed by atoms with Gasteiger partial charge in [0.15, 0.2) is 0 Å². The highest BCUT2D eigenvalue weighted by Gasteiger charge is 2.25. The summed E-state index contributed by atoms with van der Waals surface area (Å²) in [6, 6.07) is 0. The fraction of sp³-hybridized carbons (Fsp3) is 1.00. The monoisotopic (exact) mass is 131 g/mol. The van der Waals surface area contributed by atoms with E-state index < -0.39 is 0 Å². The molecule has 0 radical (unpaired) electrons. The Bertz CT molecular complexity index is 76.9. The molecule has 56 valence electrons. The lowest BCUT2D eigenvalue weighted by atomic mass is 9.98. The summed E-state index contributed by atoms with van der Waals surface area (Å²) in [5.41, 5.74) is -0.111. The molecule has 0 saturated carbocycles. The van der Waals surface area contributed by atoms with E-state index in [1.165, 1.54) is 0 Å². The summed E-state index contributed by atoms with van der Waals surface area (Å²) in [5, 5.41) is 9.21. The van der Waals surface area contributed by atoms with Crippen molar-refractivity contribution in [2.24, 2.45) is 0 Å². The molecule has 1 atom stereocenters. The molecule has 0 aromatic rings. The van der Waals surface area contributed by atoms with Gasteiger partial charge in [0, 0.05) is 5.54 Å². The van der Waals surface area contributed by atoms with Crippen LogP contribution in [0.2, 0.25) is 0 Å². The van der Waals surface area contributed by atoms with Crippen LogP contribution < -0.4 is 0 Å². The van der Waals surface area contributed by atoms with Gasteiger partial charge in [0.1, 0.15) is 0 Å². The van der Waals surface area contributed by atoms with E-state index in [0.717, 1.165) is 0 Å². The molecule has 0 aromatic carbocycles. The number of likely N-dealkylation sites (N-methyl/N-ethyl adjacent to an activating group) is 1. The average Bonchev–Trinajstić information content (AvgIpc) is 1.65. The van der Waals surface area contributed by atoms with Gasteiger partial charge in [0.25, 0.3) is 0 Å². The Morgan fingerprint density at radius 1 is 1.33 bits per heavy atom. The third-order valence-corrected chi connectivity index (χ3v) is 2.18. The van der Waals surface area contributed by atoms with Crippen LogP contribution in [0.5, 0.6) is 0 Å². The summed E-state index contributed by atoms with van der Waals surface area (Å²) >= 11 is 0. The quantitative estimate of drug-likeness (QED) is 0.596. The van der Waals surface area contributed by atoms with Gasteiger partial charge in [-0.25, -0.2) is 0 Å². The highest BCUT2D eigenvalue weighted by molar-refractivity contribution is 4.82. The molecule has 0 fully saturated rings. The normalized spacial score (nSPS) is 16.3. The van der Waals surface area contributed by atoms with Gasteiger partial charge < -0.3 is 10.0 Å². The molecule has 1 N–H and O–H groups in total. The smallest absolute Gasteiger partial charge is 0.0690 e. The van der Waals surface area contributed by atoms with Gasteiger partial charge >= 0.3 is 0 Å². The lowest BCUT2D eigenvalue weighted by molar-refractivity contribution is 0.0305. The molecular weight excluding hydrogens is 114 g/mol. The first-order chi connectivity index (χ1) is 3.89. The van der Waals surface area contributed by atoms with Crippen LogP contribution in [0, 0.1) is 0 Å². The van der Waals surface area contributed by atoms with E-state index in [2.05, 4.69) is 0 Å². The lowest BCUT2D eigenvalue weighted by Gasteiger charge is -2.35. The van der Waals surface area contributed by atoms with Crippen LogP contribution >= 0.6 is 0 Å². The molecule has 0 saturated heterocycles. The minimum atomic E-state index is -0.285. The van der Waals surface area contributed by atoms with Gasteiger partial charge in [0.2, 0.25) is 0 Å². The molecule has 9 heavy (non-hydrogen) atoms. The van der Waals surface area contributed by atoms with E-state index in [-0.39, 0.29) is 11.6 Å². The standard InChI is InChI=1S/C7H17NO/c1-6(9)7(2,3)8(4)5/h6,9H,1-5H3. The number of aliphatic hydroxyl groups excluding tert-OH is 1. The fourth-order valence-electron chi connectivity index (χ4n) is 0.374. The Balaban J connectivity index is 4.01. The van der Waals surface area contributed by atoms with Crippen LogP contribution in [-0.4, -0.2) is 35.7 Å². The molecule has 0 bridgehead atoms. The second kappa shape index (κ2) is 2.67. The van der Waals surface area contributed by atoms with Crippen LogP contribution in [-0.2, 0) is 0 Å². The van der Waals surface area contributed by atoms with Crippen molar-refractivity contribution < 1.29 is 5.11 Å². The third-order valence-electron chi connectivity index (χ3n) is 2.18. The summed E-state index contributed by atoms with van der Waals surface area (Å²) < 4.78 is 0. The summed E-state index contributed by atoms with van der Waals surface area (Å²) in [4.78, 5) is 2.01. The molecule has 2 heteroatoms. The van der Waals surface area contributed by atoms with Crippen molar-refractivity contribution in [3.63, 3.8) is 0 Å². The summed E-state index contributed by atoms with van der Waals surface area (Å²) in [6.45, 7) is 5.83. The Hall–Kier alpha value is -0.0800. The number of nitrogens with zero attached hydrogens (tertiary/aromatic N) is 1. The van der Waals surface area contributed by atoms with E-state index in [1.807, 2.05) is 32.8 Å². The predicted molar refractivity (Wildman–Crippen MR) is 39.4 cm³/mol. The topological polar surface area (TPSA) is 23.5 Å². The van der Waals surface area contributed by atoms with Crippen molar-refractivity contribution in [3.8, 4) is 0 Å². The maximum Gasteiger partial charge on any atom is 0.0690 e. The van der Waals surface area contributed by atoms with E-state index in [0.29, 0.717) is 0 Å². The van der Waals surface area contributed by atoms with Gasteiger partial charge in [-0.3, -0.25) is 0 Å². The second-order valence-electron chi connectivity index (χ2n) is 3.22. The first-order valence-corrected chi connectivity index (χ1v) is 3.24. The summed E-state index contributed by atoms with van der Waals surface area (Å²) in [7, 11) is 3.93. The highest BCUT2D eigenvalue weighted by Crippen LogP contribution is 2.14. The lowest BCUT2D eigenvalue weighted by Crippen LogP contribution is -2.47. The van der Waals surface area contributed by atoms with Crippen molar-refractivity contribution in [1.29, 1.82) is 0 Å². The maximum atomic E-state index is 9.21. The van der Waals surface area contributed by atoms with E-state index in [4.69, 9.17) is 0 Å². The summed E-state index contributed by atoms with van der Waals surface area (Å²) in [6.07, 6.45) is -0.285. The Kier molecular flexibility index (Phi) is 2.65. The SMILES string of the molecule is CC(O)C(C)(C)N(C)C. The fourth-order valence-corrected chi connectivity index (χ4v) is 0.374. The largest absolute Gasteiger partial charge is 0.392 e. The predicted octanol–water partition coefficient (Wildman–Crippen LogP) is 0.707. The molecular formula is C7H17NO. The van der Waals surface area contributed by atoms with Crippen LogP contribution in [0.25, 0.3) is 0 Å². The Morgan fingerprint density at radius 3 is 1.67 bits per heavy atom. The molecule has 0 rings (SSSR count). The Labute approximate surface area is 57.5 Å². The number of aliphatic hydroxyl groups is 1. The molecule has 0 heterocycles. The second-order valence-corrected chi connectivity index (χ2v) is 3.22. The average molecular weight is 131 g/mol. The van der Waals surface area contributed by atoms with E-state index >= 15 is 0 Å². The first-order valence-electron chi connectivity index (χ1n) is 3.24. The highest BCUT2D eigenvalue weighted by atomic mass is 16.3.